The third kappa shape index (κ3) is 2.49. The molecule has 1 fully saturated rings. The first-order chi connectivity index (χ1) is 11.3. The quantitative estimate of drug-likeness (QED) is 0.724. The summed E-state index contributed by atoms with van der Waals surface area (Å²) in [6.07, 6.45) is 3.76. The molecule has 114 valence electrons. The molecular weight excluding hydrogens is 304 g/mol. The van der Waals surface area contributed by atoms with Gasteiger partial charge in [-0.15, -0.1) is 0 Å². The zero-order chi connectivity index (χ0) is 15.6. The van der Waals surface area contributed by atoms with E-state index in [0.717, 1.165) is 17.1 Å². The first kappa shape index (κ1) is 14.0. The average molecular weight is 320 g/mol. The molecule has 0 spiro atoms. The topological polar surface area (TPSA) is 44.0 Å². The molecule has 0 amide bonds. The molecule has 23 heavy (non-hydrogen) atoms. The highest BCUT2D eigenvalue weighted by Crippen LogP contribution is 2.40. The number of anilines is 1. The number of aromatic nitrogens is 2. The van der Waals surface area contributed by atoms with Crippen molar-refractivity contribution in [3.8, 4) is 0 Å². The number of nitrogens with zero attached hydrogens (tertiary/aromatic N) is 2. The van der Waals surface area contributed by atoms with Crippen LogP contribution in [0.2, 0.25) is 0 Å². The van der Waals surface area contributed by atoms with Crippen molar-refractivity contribution in [3.63, 3.8) is 0 Å². The molecule has 3 heterocycles. The van der Waals surface area contributed by atoms with Crippen molar-refractivity contribution in [2.45, 2.75) is 12.1 Å². The number of thiocarbonyl (C=S) groups is 1. The maximum atomic E-state index is 5.62. The Kier molecular flexibility index (Phi) is 3.55. The van der Waals surface area contributed by atoms with Gasteiger partial charge >= 0.3 is 0 Å². The average Bonchev–Trinajstić information content (AvgIpc) is 3.24. The number of H-pyrrole nitrogens is 1. The largest absolute Gasteiger partial charge is 0.363 e. The molecule has 4 nitrogen and oxygen atoms in total. The smallest absolute Gasteiger partial charge is 0.174 e. The summed E-state index contributed by atoms with van der Waals surface area (Å²) in [5.74, 6) is 0. The summed E-state index contributed by atoms with van der Waals surface area (Å²) in [6, 6.07) is 20.3. The normalized spacial score (nSPS) is 20.5. The number of aromatic amines is 1. The first-order valence-corrected chi connectivity index (χ1v) is 7.94. The van der Waals surface area contributed by atoms with E-state index < -0.39 is 0 Å². The second kappa shape index (κ2) is 5.85. The van der Waals surface area contributed by atoms with Crippen LogP contribution >= 0.6 is 12.2 Å². The van der Waals surface area contributed by atoms with Crippen LogP contribution in [-0.4, -0.2) is 15.1 Å². The summed E-state index contributed by atoms with van der Waals surface area (Å²) in [4.78, 5) is 10.0. The number of rotatable bonds is 3. The molecule has 1 aliphatic rings. The molecule has 2 aromatic heterocycles. The van der Waals surface area contributed by atoms with E-state index in [2.05, 4.69) is 38.4 Å². The van der Waals surface area contributed by atoms with Gasteiger partial charge in [0, 0.05) is 23.8 Å². The SMILES string of the molecule is S=C1NC(c2ccccn2)C(c2ccc[nH]2)N1c1ccccc1. The second-order valence-corrected chi connectivity index (χ2v) is 5.84. The number of nitrogens with one attached hydrogen (secondary N) is 2. The van der Waals surface area contributed by atoms with Crippen molar-refractivity contribution in [2.24, 2.45) is 0 Å². The van der Waals surface area contributed by atoms with Crippen molar-refractivity contribution in [1.82, 2.24) is 15.3 Å². The Morgan fingerprint density at radius 2 is 1.78 bits per heavy atom. The number of hydrogen-bond acceptors (Lipinski definition) is 2. The molecule has 4 rings (SSSR count). The summed E-state index contributed by atoms with van der Waals surface area (Å²) >= 11 is 5.62. The molecule has 2 unspecified atom stereocenters. The fraction of sp³-hybridized carbons (Fsp3) is 0.111. The molecule has 1 aliphatic heterocycles. The predicted octanol–water partition coefficient (Wildman–Crippen LogP) is 3.59. The lowest BCUT2D eigenvalue weighted by atomic mass is 10.0. The number of para-hydroxylation sites is 1. The summed E-state index contributed by atoms with van der Waals surface area (Å²) in [6.45, 7) is 0. The van der Waals surface area contributed by atoms with Gasteiger partial charge in [-0.2, -0.15) is 0 Å². The van der Waals surface area contributed by atoms with Crippen molar-refractivity contribution in [2.75, 3.05) is 4.90 Å². The molecule has 1 saturated heterocycles. The van der Waals surface area contributed by atoms with Crippen molar-refractivity contribution in [3.05, 3.63) is 84.4 Å². The molecule has 1 aromatic carbocycles. The highest BCUT2D eigenvalue weighted by atomic mass is 32.1. The van der Waals surface area contributed by atoms with Crippen molar-refractivity contribution >= 4 is 23.0 Å². The van der Waals surface area contributed by atoms with E-state index in [1.165, 1.54) is 0 Å². The van der Waals surface area contributed by atoms with Gasteiger partial charge in [0.1, 0.15) is 6.04 Å². The minimum Gasteiger partial charge on any atom is -0.363 e. The minimum absolute atomic E-state index is 0.00237. The number of benzene rings is 1. The fourth-order valence-electron chi connectivity index (χ4n) is 3.07. The second-order valence-electron chi connectivity index (χ2n) is 5.46. The maximum absolute atomic E-state index is 5.62. The third-order valence-electron chi connectivity index (χ3n) is 4.07. The first-order valence-electron chi connectivity index (χ1n) is 7.53. The Bertz CT molecular complexity index is 786. The van der Waals surface area contributed by atoms with E-state index in [-0.39, 0.29) is 12.1 Å². The highest BCUT2D eigenvalue weighted by Gasteiger charge is 2.41. The van der Waals surface area contributed by atoms with Crippen LogP contribution in [0.4, 0.5) is 5.69 Å². The van der Waals surface area contributed by atoms with Crippen LogP contribution in [0.15, 0.2) is 73.1 Å². The van der Waals surface area contributed by atoms with E-state index in [1.807, 2.05) is 54.9 Å². The standard InChI is InChI=1S/C18H16N4S/c23-18-21-16(14-9-4-5-11-19-14)17(15-10-6-12-20-15)22(18)13-7-2-1-3-8-13/h1-12,16-17,20H,(H,21,23). The molecule has 3 aromatic rings. The highest BCUT2D eigenvalue weighted by molar-refractivity contribution is 7.80. The lowest BCUT2D eigenvalue weighted by molar-refractivity contribution is 0.558. The van der Waals surface area contributed by atoms with E-state index in [1.54, 1.807) is 0 Å². The molecule has 0 radical (unpaired) electrons. The molecule has 2 N–H and O–H groups in total. The summed E-state index contributed by atoms with van der Waals surface area (Å²) < 4.78 is 0. The minimum atomic E-state index is 0.00237. The molecule has 2 atom stereocenters. The van der Waals surface area contributed by atoms with Crippen LogP contribution in [0.1, 0.15) is 23.5 Å². The molecule has 0 aliphatic carbocycles. The van der Waals surface area contributed by atoms with Gasteiger partial charge in [-0.05, 0) is 48.6 Å². The van der Waals surface area contributed by atoms with Crippen LogP contribution in [0.3, 0.4) is 0 Å². The third-order valence-corrected chi connectivity index (χ3v) is 4.39. The van der Waals surface area contributed by atoms with Gasteiger partial charge in [0.05, 0.1) is 11.7 Å². The Morgan fingerprint density at radius 3 is 2.48 bits per heavy atom. The molecule has 0 saturated carbocycles. The van der Waals surface area contributed by atoms with Gasteiger partial charge < -0.3 is 15.2 Å². The summed E-state index contributed by atoms with van der Waals surface area (Å²) in [5.41, 5.74) is 3.16. The van der Waals surface area contributed by atoms with Crippen LogP contribution in [0, 0.1) is 0 Å². The number of hydrogen-bond donors (Lipinski definition) is 2. The zero-order valence-corrected chi connectivity index (χ0v) is 13.2. The van der Waals surface area contributed by atoms with Gasteiger partial charge in [0.15, 0.2) is 5.11 Å². The molecular formula is C18H16N4S. The predicted molar refractivity (Wildman–Crippen MR) is 95.2 cm³/mol. The molecule has 5 heteroatoms. The van der Waals surface area contributed by atoms with Gasteiger partial charge in [-0.1, -0.05) is 24.3 Å². The van der Waals surface area contributed by atoms with Gasteiger partial charge in [-0.25, -0.2) is 0 Å². The van der Waals surface area contributed by atoms with E-state index >= 15 is 0 Å². The summed E-state index contributed by atoms with van der Waals surface area (Å²) in [5, 5.41) is 4.15. The maximum Gasteiger partial charge on any atom is 0.174 e. The fourth-order valence-corrected chi connectivity index (χ4v) is 3.41. The van der Waals surface area contributed by atoms with E-state index in [9.17, 15) is 0 Å². The summed E-state index contributed by atoms with van der Waals surface area (Å²) in [7, 11) is 0. The lowest BCUT2D eigenvalue weighted by Crippen LogP contribution is -2.29. The molecule has 0 bridgehead atoms. The zero-order valence-electron chi connectivity index (χ0n) is 12.4. The van der Waals surface area contributed by atoms with E-state index in [4.69, 9.17) is 12.2 Å². The van der Waals surface area contributed by atoms with Crippen LogP contribution < -0.4 is 10.2 Å². The Labute approximate surface area is 140 Å². The van der Waals surface area contributed by atoms with Crippen molar-refractivity contribution in [1.29, 1.82) is 0 Å². The van der Waals surface area contributed by atoms with Gasteiger partial charge in [0.25, 0.3) is 0 Å². The van der Waals surface area contributed by atoms with E-state index in [0.29, 0.717) is 5.11 Å². The van der Waals surface area contributed by atoms with Crippen molar-refractivity contribution < 1.29 is 0 Å². The van der Waals surface area contributed by atoms with Crippen LogP contribution in [-0.2, 0) is 0 Å². The Hall–Kier alpha value is -2.66. The Balaban J connectivity index is 1.81. The number of pyridine rings is 1. The monoisotopic (exact) mass is 320 g/mol. The Morgan fingerprint density at radius 1 is 0.957 bits per heavy atom. The van der Waals surface area contributed by atoms with Crippen LogP contribution in [0.5, 0.6) is 0 Å². The van der Waals surface area contributed by atoms with Crippen LogP contribution in [0.25, 0.3) is 0 Å². The van der Waals surface area contributed by atoms with Gasteiger partial charge in [0.2, 0.25) is 0 Å². The van der Waals surface area contributed by atoms with Gasteiger partial charge in [-0.3, -0.25) is 4.98 Å². The lowest BCUT2D eigenvalue weighted by Gasteiger charge is -2.26.